The highest BCUT2D eigenvalue weighted by molar-refractivity contribution is 5.72. The maximum atomic E-state index is 5.77. The Hall–Kier alpha value is -2.79. The Bertz CT molecular complexity index is 766. The summed E-state index contributed by atoms with van der Waals surface area (Å²) in [5.41, 5.74) is 10.2. The first-order chi connectivity index (χ1) is 11.3. The SMILES string of the molecule is COCCOc1ccccc1-c1cc(-c2ccc(N)cc2)n[nH]1. The van der Waals surface area contributed by atoms with Gasteiger partial charge < -0.3 is 15.2 Å². The highest BCUT2D eigenvalue weighted by Gasteiger charge is 2.10. The van der Waals surface area contributed by atoms with Crippen molar-refractivity contribution < 1.29 is 9.47 Å². The number of anilines is 1. The number of nitrogens with one attached hydrogen (secondary N) is 1. The number of nitrogens with two attached hydrogens (primary N) is 1. The van der Waals surface area contributed by atoms with E-state index in [1.165, 1.54) is 0 Å². The fourth-order valence-electron chi connectivity index (χ4n) is 2.31. The number of H-pyrrole nitrogens is 1. The second-order valence-corrected chi connectivity index (χ2v) is 5.13. The summed E-state index contributed by atoms with van der Waals surface area (Å²) < 4.78 is 10.8. The summed E-state index contributed by atoms with van der Waals surface area (Å²) >= 11 is 0. The van der Waals surface area contributed by atoms with E-state index in [0.29, 0.717) is 13.2 Å². The second-order valence-electron chi connectivity index (χ2n) is 5.13. The van der Waals surface area contributed by atoms with Crippen molar-refractivity contribution in [1.82, 2.24) is 10.2 Å². The number of methoxy groups -OCH3 is 1. The number of nitrogens with zero attached hydrogens (tertiary/aromatic N) is 1. The molecule has 23 heavy (non-hydrogen) atoms. The lowest BCUT2D eigenvalue weighted by Crippen LogP contribution is -2.04. The summed E-state index contributed by atoms with van der Waals surface area (Å²) in [6.07, 6.45) is 0. The van der Waals surface area contributed by atoms with Crippen LogP contribution in [-0.2, 0) is 4.74 Å². The van der Waals surface area contributed by atoms with E-state index in [0.717, 1.165) is 34.0 Å². The zero-order valence-corrected chi connectivity index (χ0v) is 13.0. The van der Waals surface area contributed by atoms with Crippen LogP contribution in [0.25, 0.3) is 22.5 Å². The molecule has 1 heterocycles. The standard InChI is InChI=1S/C18H19N3O2/c1-22-10-11-23-18-5-3-2-4-15(18)17-12-16(20-21-17)13-6-8-14(19)9-7-13/h2-9,12H,10-11,19H2,1H3,(H,20,21). The molecular formula is C18H19N3O2. The van der Waals surface area contributed by atoms with Gasteiger partial charge in [-0.3, -0.25) is 5.10 Å². The molecule has 0 aliphatic heterocycles. The van der Waals surface area contributed by atoms with Crippen LogP contribution in [0.3, 0.4) is 0 Å². The zero-order valence-electron chi connectivity index (χ0n) is 13.0. The van der Waals surface area contributed by atoms with Crippen molar-refractivity contribution in [2.45, 2.75) is 0 Å². The molecule has 3 N–H and O–H groups in total. The van der Waals surface area contributed by atoms with E-state index < -0.39 is 0 Å². The summed E-state index contributed by atoms with van der Waals surface area (Å²) in [7, 11) is 1.66. The molecule has 0 fully saturated rings. The second kappa shape index (κ2) is 6.98. The normalized spacial score (nSPS) is 10.7. The van der Waals surface area contributed by atoms with Crippen LogP contribution in [0, 0.1) is 0 Å². The molecule has 0 unspecified atom stereocenters. The van der Waals surface area contributed by atoms with Crippen LogP contribution in [0.15, 0.2) is 54.6 Å². The molecular weight excluding hydrogens is 290 g/mol. The highest BCUT2D eigenvalue weighted by Crippen LogP contribution is 2.31. The van der Waals surface area contributed by atoms with Crippen LogP contribution < -0.4 is 10.5 Å². The lowest BCUT2D eigenvalue weighted by Gasteiger charge is -2.09. The molecule has 2 aromatic carbocycles. The van der Waals surface area contributed by atoms with Gasteiger partial charge >= 0.3 is 0 Å². The maximum absolute atomic E-state index is 5.77. The lowest BCUT2D eigenvalue weighted by molar-refractivity contribution is 0.146. The zero-order chi connectivity index (χ0) is 16.1. The topological polar surface area (TPSA) is 73.2 Å². The van der Waals surface area contributed by atoms with Gasteiger partial charge in [0.1, 0.15) is 12.4 Å². The largest absolute Gasteiger partial charge is 0.490 e. The number of hydrogen-bond donors (Lipinski definition) is 2. The monoisotopic (exact) mass is 309 g/mol. The van der Waals surface area contributed by atoms with Crippen LogP contribution in [0.5, 0.6) is 5.75 Å². The first-order valence-electron chi connectivity index (χ1n) is 7.40. The average Bonchev–Trinajstić information content (AvgIpc) is 3.06. The van der Waals surface area contributed by atoms with E-state index in [1.54, 1.807) is 7.11 Å². The Morgan fingerprint density at radius 1 is 1.04 bits per heavy atom. The molecule has 0 spiro atoms. The van der Waals surface area contributed by atoms with Crippen molar-refractivity contribution in [3.8, 4) is 28.3 Å². The number of ether oxygens (including phenoxy) is 2. The quantitative estimate of drug-likeness (QED) is 0.541. The van der Waals surface area contributed by atoms with Crippen molar-refractivity contribution in [2.24, 2.45) is 0 Å². The summed E-state index contributed by atoms with van der Waals surface area (Å²) in [4.78, 5) is 0. The fraction of sp³-hybridized carbons (Fsp3) is 0.167. The number of para-hydroxylation sites is 1. The summed E-state index contributed by atoms with van der Waals surface area (Å²) in [6, 6.07) is 17.5. The van der Waals surface area contributed by atoms with Crippen LogP contribution in [0.2, 0.25) is 0 Å². The molecule has 118 valence electrons. The van der Waals surface area contributed by atoms with Crippen molar-refractivity contribution in [1.29, 1.82) is 0 Å². The molecule has 0 saturated carbocycles. The third-order valence-corrected chi connectivity index (χ3v) is 3.51. The van der Waals surface area contributed by atoms with Gasteiger partial charge in [0.2, 0.25) is 0 Å². The van der Waals surface area contributed by atoms with Gasteiger partial charge in [-0.05, 0) is 30.3 Å². The molecule has 0 bridgehead atoms. The van der Waals surface area contributed by atoms with Crippen molar-refractivity contribution >= 4 is 5.69 Å². The number of aromatic amines is 1. The third-order valence-electron chi connectivity index (χ3n) is 3.51. The molecule has 3 rings (SSSR count). The Morgan fingerprint density at radius 2 is 1.83 bits per heavy atom. The summed E-state index contributed by atoms with van der Waals surface area (Å²) in [5.74, 6) is 0.803. The molecule has 3 aromatic rings. The van der Waals surface area contributed by atoms with Crippen molar-refractivity contribution in [2.75, 3.05) is 26.1 Å². The highest BCUT2D eigenvalue weighted by atomic mass is 16.5. The fourth-order valence-corrected chi connectivity index (χ4v) is 2.31. The van der Waals surface area contributed by atoms with Crippen LogP contribution in [0.1, 0.15) is 0 Å². The summed E-state index contributed by atoms with van der Waals surface area (Å²) in [6.45, 7) is 1.06. The van der Waals surface area contributed by atoms with Gasteiger partial charge in [-0.25, -0.2) is 0 Å². The minimum atomic E-state index is 0.506. The van der Waals surface area contributed by atoms with Crippen molar-refractivity contribution in [3.63, 3.8) is 0 Å². The number of rotatable bonds is 6. The number of hydrogen-bond acceptors (Lipinski definition) is 4. The maximum Gasteiger partial charge on any atom is 0.128 e. The molecule has 1 aromatic heterocycles. The van der Waals surface area contributed by atoms with Gasteiger partial charge in [-0.15, -0.1) is 0 Å². The lowest BCUT2D eigenvalue weighted by atomic mass is 10.1. The molecule has 0 saturated heterocycles. The van der Waals surface area contributed by atoms with Crippen LogP contribution in [-0.4, -0.2) is 30.5 Å². The van der Waals surface area contributed by atoms with Crippen LogP contribution >= 0.6 is 0 Å². The summed E-state index contributed by atoms with van der Waals surface area (Å²) in [5, 5.41) is 7.46. The molecule has 0 atom stereocenters. The van der Waals surface area contributed by atoms with Gasteiger partial charge in [0.25, 0.3) is 0 Å². The number of nitrogen functional groups attached to an aromatic ring is 1. The molecule has 5 nitrogen and oxygen atoms in total. The Kier molecular flexibility index (Phi) is 4.59. The van der Waals surface area contributed by atoms with Gasteiger partial charge in [0.15, 0.2) is 0 Å². The van der Waals surface area contributed by atoms with Gasteiger partial charge in [-0.1, -0.05) is 24.3 Å². The Balaban J connectivity index is 1.87. The molecule has 0 amide bonds. The Labute approximate surface area is 135 Å². The predicted octanol–water partition coefficient (Wildman–Crippen LogP) is 3.35. The first-order valence-corrected chi connectivity index (χ1v) is 7.40. The van der Waals surface area contributed by atoms with E-state index in [2.05, 4.69) is 10.2 Å². The van der Waals surface area contributed by atoms with Crippen LogP contribution in [0.4, 0.5) is 5.69 Å². The van der Waals surface area contributed by atoms with E-state index >= 15 is 0 Å². The number of benzene rings is 2. The van der Waals surface area contributed by atoms with Gasteiger partial charge in [0, 0.05) is 23.9 Å². The molecule has 0 radical (unpaired) electrons. The Morgan fingerprint density at radius 3 is 2.61 bits per heavy atom. The van der Waals surface area contributed by atoms with E-state index in [-0.39, 0.29) is 0 Å². The molecule has 5 heteroatoms. The average molecular weight is 309 g/mol. The molecule has 0 aliphatic carbocycles. The molecule has 0 aliphatic rings. The van der Waals surface area contributed by atoms with Gasteiger partial charge in [0.05, 0.1) is 18.0 Å². The first kappa shape index (κ1) is 15.1. The smallest absolute Gasteiger partial charge is 0.128 e. The number of aromatic nitrogens is 2. The van der Waals surface area contributed by atoms with E-state index in [1.807, 2.05) is 54.6 Å². The van der Waals surface area contributed by atoms with Gasteiger partial charge in [-0.2, -0.15) is 5.10 Å². The van der Waals surface area contributed by atoms with E-state index in [9.17, 15) is 0 Å². The van der Waals surface area contributed by atoms with E-state index in [4.69, 9.17) is 15.2 Å². The minimum Gasteiger partial charge on any atom is -0.490 e. The minimum absolute atomic E-state index is 0.506. The van der Waals surface area contributed by atoms with Crippen molar-refractivity contribution in [3.05, 3.63) is 54.6 Å². The third kappa shape index (κ3) is 3.52. The predicted molar refractivity (Wildman–Crippen MR) is 91.2 cm³/mol.